The summed E-state index contributed by atoms with van der Waals surface area (Å²) >= 11 is 0. The number of likely N-dealkylation sites (tertiary alicyclic amines) is 1. The van der Waals surface area contributed by atoms with Crippen LogP contribution in [-0.4, -0.2) is 77.1 Å². The van der Waals surface area contributed by atoms with E-state index < -0.39 is 0 Å². The van der Waals surface area contributed by atoms with Crippen molar-refractivity contribution in [1.29, 1.82) is 0 Å². The Kier molecular flexibility index (Phi) is 5.64. The predicted molar refractivity (Wildman–Crippen MR) is 109 cm³/mol. The van der Waals surface area contributed by atoms with Crippen molar-refractivity contribution in [2.75, 3.05) is 51.2 Å². The Balaban J connectivity index is 1.48. The molecule has 0 N–H and O–H groups in total. The average Bonchev–Trinajstić information content (AvgIpc) is 2.74. The van der Waals surface area contributed by atoms with Crippen LogP contribution in [0.4, 0.5) is 5.82 Å². The summed E-state index contributed by atoms with van der Waals surface area (Å²) in [5.74, 6) is 1.78. The molecule has 4 heterocycles. The molecule has 2 aliphatic heterocycles. The molecule has 2 aromatic rings. The molecule has 144 valence electrons. The van der Waals surface area contributed by atoms with Gasteiger partial charge in [0.05, 0.1) is 0 Å². The number of aryl methyl sites for hydroxylation is 1. The van der Waals surface area contributed by atoms with Crippen LogP contribution >= 0.6 is 0 Å². The van der Waals surface area contributed by atoms with Crippen LogP contribution in [0.15, 0.2) is 30.5 Å². The van der Waals surface area contributed by atoms with Gasteiger partial charge in [-0.05, 0) is 45.0 Å². The van der Waals surface area contributed by atoms with Gasteiger partial charge in [-0.25, -0.2) is 9.97 Å². The summed E-state index contributed by atoms with van der Waals surface area (Å²) in [4.78, 5) is 21.5. The van der Waals surface area contributed by atoms with Crippen molar-refractivity contribution in [3.63, 3.8) is 0 Å². The van der Waals surface area contributed by atoms with E-state index >= 15 is 0 Å². The highest BCUT2D eigenvalue weighted by Crippen LogP contribution is 2.22. The molecule has 27 heavy (non-hydrogen) atoms. The lowest BCUT2D eigenvalue weighted by atomic mass is 10.0. The van der Waals surface area contributed by atoms with Crippen LogP contribution in [0.2, 0.25) is 0 Å². The molecule has 0 amide bonds. The molecule has 1 unspecified atom stereocenters. The van der Waals surface area contributed by atoms with Gasteiger partial charge in [-0.1, -0.05) is 13.0 Å². The standard InChI is InChI=1S/C21H30N6/c1-3-17-15-20(24-21(23-17)19-8-4-5-9-22-19)27-13-11-26(12-14-27)18-7-6-10-25(2)16-18/h4-5,8-9,15,18H,3,6-7,10-14,16H2,1-2H3. The van der Waals surface area contributed by atoms with Crippen LogP contribution in [0, 0.1) is 0 Å². The largest absolute Gasteiger partial charge is 0.354 e. The molecular formula is C21H30N6. The minimum Gasteiger partial charge on any atom is -0.354 e. The molecule has 1 atom stereocenters. The van der Waals surface area contributed by atoms with Gasteiger partial charge in [0.25, 0.3) is 0 Å². The number of pyridine rings is 1. The summed E-state index contributed by atoms with van der Waals surface area (Å²) in [6.45, 7) is 8.88. The monoisotopic (exact) mass is 366 g/mol. The lowest BCUT2D eigenvalue weighted by Crippen LogP contribution is -2.54. The van der Waals surface area contributed by atoms with E-state index in [0.29, 0.717) is 6.04 Å². The molecule has 0 radical (unpaired) electrons. The summed E-state index contributed by atoms with van der Waals surface area (Å²) in [6, 6.07) is 8.76. The van der Waals surface area contributed by atoms with Gasteiger partial charge >= 0.3 is 0 Å². The van der Waals surface area contributed by atoms with E-state index in [-0.39, 0.29) is 0 Å². The molecule has 2 saturated heterocycles. The maximum atomic E-state index is 4.85. The Bertz CT molecular complexity index is 742. The third-order valence-electron chi connectivity index (χ3n) is 5.78. The van der Waals surface area contributed by atoms with Gasteiger partial charge in [-0.3, -0.25) is 9.88 Å². The number of likely N-dealkylation sites (N-methyl/N-ethyl adjacent to an activating group) is 1. The second-order valence-corrected chi connectivity index (χ2v) is 7.69. The first-order chi connectivity index (χ1) is 13.2. The lowest BCUT2D eigenvalue weighted by Gasteiger charge is -2.43. The molecule has 2 aromatic heterocycles. The van der Waals surface area contributed by atoms with Gasteiger partial charge < -0.3 is 9.80 Å². The molecule has 2 aliphatic rings. The average molecular weight is 367 g/mol. The van der Waals surface area contributed by atoms with Crippen LogP contribution in [0.25, 0.3) is 11.5 Å². The van der Waals surface area contributed by atoms with Gasteiger partial charge in [0, 0.05) is 56.7 Å². The fourth-order valence-electron chi connectivity index (χ4n) is 4.19. The van der Waals surface area contributed by atoms with E-state index in [1.807, 2.05) is 18.2 Å². The van der Waals surface area contributed by atoms with E-state index in [1.54, 1.807) is 6.20 Å². The van der Waals surface area contributed by atoms with Crippen molar-refractivity contribution in [2.24, 2.45) is 0 Å². The number of piperidine rings is 1. The van der Waals surface area contributed by atoms with E-state index in [2.05, 4.69) is 39.7 Å². The van der Waals surface area contributed by atoms with E-state index in [1.165, 1.54) is 25.9 Å². The van der Waals surface area contributed by atoms with Gasteiger partial charge in [0.2, 0.25) is 0 Å². The van der Waals surface area contributed by atoms with Gasteiger partial charge in [0.15, 0.2) is 5.82 Å². The van der Waals surface area contributed by atoms with Crippen LogP contribution in [-0.2, 0) is 6.42 Å². The number of hydrogen-bond acceptors (Lipinski definition) is 6. The molecule has 0 spiro atoms. The first kappa shape index (κ1) is 18.3. The maximum Gasteiger partial charge on any atom is 0.180 e. The molecule has 0 aromatic carbocycles. The molecule has 2 fully saturated rings. The van der Waals surface area contributed by atoms with Crippen molar-refractivity contribution in [3.8, 4) is 11.5 Å². The van der Waals surface area contributed by atoms with E-state index in [9.17, 15) is 0 Å². The fourth-order valence-corrected chi connectivity index (χ4v) is 4.19. The molecule has 0 saturated carbocycles. The number of aromatic nitrogens is 3. The van der Waals surface area contributed by atoms with Crippen molar-refractivity contribution in [2.45, 2.75) is 32.2 Å². The zero-order valence-electron chi connectivity index (χ0n) is 16.5. The summed E-state index contributed by atoms with van der Waals surface area (Å²) in [6.07, 6.45) is 5.36. The quantitative estimate of drug-likeness (QED) is 0.828. The zero-order valence-corrected chi connectivity index (χ0v) is 16.5. The lowest BCUT2D eigenvalue weighted by molar-refractivity contribution is 0.106. The van der Waals surface area contributed by atoms with Crippen LogP contribution in [0.5, 0.6) is 0 Å². The topological polar surface area (TPSA) is 48.4 Å². The first-order valence-corrected chi connectivity index (χ1v) is 10.2. The third kappa shape index (κ3) is 4.28. The van der Waals surface area contributed by atoms with E-state index in [0.717, 1.165) is 55.6 Å². The highest BCUT2D eigenvalue weighted by Gasteiger charge is 2.27. The smallest absolute Gasteiger partial charge is 0.180 e. The SMILES string of the molecule is CCc1cc(N2CCN(C3CCCN(C)C3)CC2)nc(-c2ccccn2)n1. The number of nitrogens with zero attached hydrogens (tertiary/aromatic N) is 6. The van der Waals surface area contributed by atoms with Crippen molar-refractivity contribution >= 4 is 5.82 Å². The Morgan fingerprint density at radius 1 is 1.07 bits per heavy atom. The Hall–Kier alpha value is -2.05. The summed E-state index contributed by atoms with van der Waals surface area (Å²) in [5, 5.41) is 0. The summed E-state index contributed by atoms with van der Waals surface area (Å²) < 4.78 is 0. The Labute approximate surface area is 162 Å². The van der Waals surface area contributed by atoms with E-state index in [4.69, 9.17) is 9.97 Å². The molecule has 0 aliphatic carbocycles. The Morgan fingerprint density at radius 2 is 1.93 bits per heavy atom. The highest BCUT2D eigenvalue weighted by atomic mass is 15.3. The van der Waals surface area contributed by atoms with Crippen LogP contribution in [0.3, 0.4) is 0 Å². The second-order valence-electron chi connectivity index (χ2n) is 7.69. The molecule has 6 heteroatoms. The minimum atomic E-state index is 0.714. The van der Waals surface area contributed by atoms with Crippen molar-refractivity contribution in [1.82, 2.24) is 24.8 Å². The number of rotatable bonds is 4. The normalized spacial score (nSPS) is 22.1. The number of hydrogen-bond donors (Lipinski definition) is 0. The van der Waals surface area contributed by atoms with Gasteiger partial charge in [0.1, 0.15) is 11.5 Å². The number of anilines is 1. The molecule has 4 rings (SSSR count). The van der Waals surface area contributed by atoms with Crippen molar-refractivity contribution in [3.05, 3.63) is 36.2 Å². The minimum absolute atomic E-state index is 0.714. The van der Waals surface area contributed by atoms with Crippen LogP contribution < -0.4 is 4.90 Å². The Morgan fingerprint density at radius 3 is 2.63 bits per heavy atom. The molecule has 0 bridgehead atoms. The zero-order chi connectivity index (χ0) is 18.6. The third-order valence-corrected chi connectivity index (χ3v) is 5.78. The number of piperazine rings is 1. The van der Waals surface area contributed by atoms with Gasteiger partial charge in [-0.15, -0.1) is 0 Å². The first-order valence-electron chi connectivity index (χ1n) is 10.2. The second kappa shape index (κ2) is 8.31. The van der Waals surface area contributed by atoms with Crippen LogP contribution in [0.1, 0.15) is 25.5 Å². The summed E-state index contributed by atoms with van der Waals surface area (Å²) in [5.41, 5.74) is 1.93. The maximum absolute atomic E-state index is 4.85. The summed E-state index contributed by atoms with van der Waals surface area (Å²) in [7, 11) is 2.24. The molecule has 6 nitrogen and oxygen atoms in total. The predicted octanol–water partition coefficient (Wildman–Crippen LogP) is 2.32. The molecular weight excluding hydrogens is 336 g/mol. The highest BCUT2D eigenvalue weighted by molar-refractivity contribution is 5.54. The van der Waals surface area contributed by atoms with Crippen molar-refractivity contribution < 1.29 is 0 Å². The van der Waals surface area contributed by atoms with Gasteiger partial charge in [-0.2, -0.15) is 0 Å². The fraction of sp³-hybridized carbons (Fsp3) is 0.571.